The van der Waals surface area contributed by atoms with Crippen LogP contribution in [0, 0.1) is 23.5 Å². The molecule has 1 aromatic rings. The fourth-order valence-corrected chi connectivity index (χ4v) is 1.05. The number of aromatic nitrogens is 1. The lowest BCUT2D eigenvalue weighted by Gasteiger charge is -2.07. The second-order valence-electron chi connectivity index (χ2n) is 3.11. The molecule has 0 saturated heterocycles. The highest BCUT2D eigenvalue weighted by atomic mass is 19.2. The number of rotatable bonds is 2. The van der Waals surface area contributed by atoms with Gasteiger partial charge in [0, 0.05) is 6.04 Å². The maximum atomic E-state index is 12.9. The van der Waals surface area contributed by atoms with Crippen LogP contribution in [0.15, 0.2) is 0 Å². The van der Waals surface area contributed by atoms with Crippen molar-refractivity contribution in [3.8, 4) is 0 Å². The molecular weight excluding hydrogens is 200 g/mol. The molecule has 2 rings (SSSR count). The summed E-state index contributed by atoms with van der Waals surface area (Å²) in [6.45, 7) is 0. The molecule has 1 aliphatic rings. The van der Waals surface area contributed by atoms with E-state index in [1.165, 1.54) is 0 Å². The molecule has 0 unspecified atom stereocenters. The third-order valence-corrected chi connectivity index (χ3v) is 1.92. The third-order valence-electron chi connectivity index (χ3n) is 1.92. The van der Waals surface area contributed by atoms with E-state index in [2.05, 4.69) is 10.3 Å². The van der Waals surface area contributed by atoms with Gasteiger partial charge in [0.25, 0.3) is 11.9 Å². The van der Waals surface area contributed by atoms with Crippen LogP contribution in [0.25, 0.3) is 0 Å². The van der Waals surface area contributed by atoms with Crippen molar-refractivity contribution in [2.45, 2.75) is 18.9 Å². The van der Waals surface area contributed by atoms with Gasteiger partial charge in [0.15, 0.2) is 0 Å². The van der Waals surface area contributed by atoms with Crippen LogP contribution in [0.2, 0.25) is 0 Å². The van der Waals surface area contributed by atoms with Gasteiger partial charge in [0.1, 0.15) is 5.69 Å². The molecule has 14 heavy (non-hydrogen) atoms. The Hall–Kier alpha value is -1.33. The van der Waals surface area contributed by atoms with E-state index in [1.807, 2.05) is 0 Å². The van der Waals surface area contributed by atoms with E-state index >= 15 is 0 Å². The number of hydrogen-bond donors (Lipinski definition) is 1. The third kappa shape index (κ3) is 1.51. The number of nitrogens with zero attached hydrogens (tertiary/aromatic N) is 1. The van der Waals surface area contributed by atoms with Gasteiger partial charge in [-0.15, -0.1) is 0 Å². The fraction of sp³-hybridized carbons (Fsp3) is 0.375. The molecule has 0 atom stereocenters. The summed E-state index contributed by atoms with van der Waals surface area (Å²) < 4.78 is 51.0. The maximum absolute atomic E-state index is 12.9. The predicted molar refractivity (Wildman–Crippen MR) is 40.7 cm³/mol. The second-order valence-corrected chi connectivity index (χ2v) is 3.11. The summed E-state index contributed by atoms with van der Waals surface area (Å²) in [6.07, 6.45) is 1.48. The van der Waals surface area contributed by atoms with Crippen LogP contribution in [-0.4, -0.2) is 11.0 Å². The largest absolute Gasteiger partial charge is 0.377 e. The van der Waals surface area contributed by atoms with E-state index in [0.29, 0.717) is 0 Å². The molecule has 0 aromatic carbocycles. The summed E-state index contributed by atoms with van der Waals surface area (Å²) in [5.74, 6) is -6.22. The molecule has 1 aromatic heterocycles. The molecule has 1 aliphatic carbocycles. The van der Waals surface area contributed by atoms with Crippen LogP contribution < -0.4 is 5.32 Å². The van der Waals surface area contributed by atoms with E-state index in [9.17, 15) is 17.6 Å². The van der Waals surface area contributed by atoms with E-state index in [4.69, 9.17) is 0 Å². The van der Waals surface area contributed by atoms with Crippen LogP contribution in [0.5, 0.6) is 0 Å². The first-order valence-corrected chi connectivity index (χ1v) is 4.06. The van der Waals surface area contributed by atoms with Crippen molar-refractivity contribution in [1.82, 2.24) is 4.98 Å². The van der Waals surface area contributed by atoms with Crippen LogP contribution in [0.4, 0.5) is 23.2 Å². The minimum absolute atomic E-state index is 0.0970. The summed E-state index contributed by atoms with van der Waals surface area (Å²) in [7, 11) is 0. The van der Waals surface area contributed by atoms with Gasteiger partial charge < -0.3 is 5.32 Å². The topological polar surface area (TPSA) is 24.9 Å². The Morgan fingerprint density at radius 1 is 1.00 bits per heavy atom. The lowest BCUT2D eigenvalue weighted by molar-refractivity contribution is 0.410. The van der Waals surface area contributed by atoms with Crippen LogP contribution in [-0.2, 0) is 0 Å². The minimum Gasteiger partial charge on any atom is -0.377 e. The first kappa shape index (κ1) is 9.23. The van der Waals surface area contributed by atoms with E-state index in [0.717, 1.165) is 12.8 Å². The van der Waals surface area contributed by atoms with Crippen LogP contribution >= 0.6 is 0 Å². The Morgan fingerprint density at radius 2 is 1.50 bits per heavy atom. The summed E-state index contributed by atoms with van der Waals surface area (Å²) in [5, 5.41) is 2.36. The molecule has 0 amide bonds. The molecule has 6 heteroatoms. The van der Waals surface area contributed by atoms with Crippen molar-refractivity contribution in [2.75, 3.05) is 5.32 Å². The van der Waals surface area contributed by atoms with Gasteiger partial charge in [-0.05, 0) is 12.8 Å². The standard InChI is InChI=1S/C8H6F4N2/c9-4-6(13-3-1-2-3)5(10)8(12)14-7(4)11/h3H,1-2H2,(H,13,14). The second kappa shape index (κ2) is 3.11. The van der Waals surface area contributed by atoms with Crippen molar-refractivity contribution in [3.63, 3.8) is 0 Å². The van der Waals surface area contributed by atoms with Gasteiger partial charge in [0.2, 0.25) is 11.6 Å². The quantitative estimate of drug-likeness (QED) is 0.592. The maximum Gasteiger partial charge on any atom is 0.253 e. The van der Waals surface area contributed by atoms with Gasteiger partial charge in [-0.25, -0.2) is 0 Å². The highest BCUT2D eigenvalue weighted by Crippen LogP contribution is 2.29. The normalized spacial score (nSPS) is 15.7. The Balaban J connectivity index is 2.42. The number of hydrogen-bond acceptors (Lipinski definition) is 2. The average Bonchev–Trinajstić information content (AvgIpc) is 2.93. The molecule has 1 heterocycles. The molecule has 2 nitrogen and oxygen atoms in total. The Labute approximate surface area is 77.0 Å². The smallest absolute Gasteiger partial charge is 0.253 e. The van der Waals surface area contributed by atoms with E-state index in [1.54, 1.807) is 0 Å². The van der Waals surface area contributed by atoms with Crippen molar-refractivity contribution in [2.24, 2.45) is 0 Å². The predicted octanol–water partition coefficient (Wildman–Crippen LogP) is 2.21. The molecule has 1 fully saturated rings. The van der Waals surface area contributed by atoms with Crippen molar-refractivity contribution in [3.05, 3.63) is 23.5 Å². The summed E-state index contributed by atoms with van der Waals surface area (Å²) in [6, 6.07) is -0.0970. The van der Waals surface area contributed by atoms with Gasteiger partial charge in [-0.2, -0.15) is 22.5 Å². The average molecular weight is 206 g/mol. The molecular formula is C8H6F4N2. The number of halogens is 4. The zero-order valence-electron chi connectivity index (χ0n) is 6.95. The number of nitrogens with one attached hydrogen (secondary N) is 1. The summed E-state index contributed by atoms with van der Waals surface area (Å²) >= 11 is 0. The van der Waals surface area contributed by atoms with Gasteiger partial charge in [-0.3, -0.25) is 0 Å². The first-order chi connectivity index (χ1) is 6.59. The van der Waals surface area contributed by atoms with Gasteiger partial charge in [-0.1, -0.05) is 0 Å². The molecule has 0 radical (unpaired) electrons. The zero-order valence-corrected chi connectivity index (χ0v) is 6.95. The SMILES string of the molecule is Fc1nc(F)c(F)c(NC2CC2)c1F. The lowest BCUT2D eigenvalue weighted by atomic mass is 10.3. The van der Waals surface area contributed by atoms with E-state index in [-0.39, 0.29) is 6.04 Å². The van der Waals surface area contributed by atoms with Crippen molar-refractivity contribution in [1.29, 1.82) is 0 Å². The molecule has 0 aliphatic heterocycles. The van der Waals surface area contributed by atoms with E-state index < -0.39 is 29.2 Å². The minimum atomic E-state index is -1.63. The number of anilines is 1. The van der Waals surface area contributed by atoms with Crippen LogP contribution in [0.3, 0.4) is 0 Å². The van der Waals surface area contributed by atoms with Gasteiger partial charge in [0.05, 0.1) is 0 Å². The summed E-state index contributed by atoms with van der Waals surface area (Å²) in [4.78, 5) is 2.44. The van der Waals surface area contributed by atoms with Gasteiger partial charge >= 0.3 is 0 Å². The highest BCUT2D eigenvalue weighted by Gasteiger charge is 2.27. The lowest BCUT2D eigenvalue weighted by Crippen LogP contribution is -2.10. The molecule has 76 valence electrons. The monoisotopic (exact) mass is 206 g/mol. The number of pyridine rings is 1. The molecule has 1 N–H and O–H groups in total. The molecule has 0 spiro atoms. The van der Waals surface area contributed by atoms with Crippen molar-refractivity contribution < 1.29 is 17.6 Å². The Bertz CT molecular complexity index is 350. The Kier molecular flexibility index (Phi) is 2.05. The highest BCUT2D eigenvalue weighted by molar-refractivity contribution is 5.47. The fourth-order valence-electron chi connectivity index (χ4n) is 1.05. The van der Waals surface area contributed by atoms with Crippen molar-refractivity contribution >= 4 is 5.69 Å². The van der Waals surface area contributed by atoms with Crippen LogP contribution in [0.1, 0.15) is 12.8 Å². The Morgan fingerprint density at radius 3 is 1.93 bits per heavy atom. The molecule has 0 bridgehead atoms. The zero-order chi connectivity index (χ0) is 10.3. The molecule has 1 saturated carbocycles. The summed E-state index contributed by atoms with van der Waals surface area (Å²) in [5.41, 5.74) is -0.766. The first-order valence-electron chi connectivity index (χ1n) is 4.06.